The zero-order valence-electron chi connectivity index (χ0n) is 12.1. The Bertz CT molecular complexity index is 345. The molecule has 1 aliphatic carbocycles. The van der Waals surface area contributed by atoms with Gasteiger partial charge in [0, 0.05) is 25.5 Å². The van der Waals surface area contributed by atoms with Gasteiger partial charge in [-0.3, -0.25) is 0 Å². The predicted octanol–water partition coefficient (Wildman–Crippen LogP) is 3.44. The molecule has 4 nitrogen and oxygen atoms in total. The molecule has 1 aromatic rings. The van der Waals surface area contributed by atoms with Gasteiger partial charge in [-0.2, -0.15) is 0 Å². The molecule has 0 radical (unpaired) electrons. The molecule has 0 aliphatic heterocycles. The molecule has 0 amide bonds. The van der Waals surface area contributed by atoms with Crippen molar-refractivity contribution < 1.29 is 4.74 Å². The van der Waals surface area contributed by atoms with E-state index >= 15 is 0 Å². The fraction of sp³-hybridized carbons (Fsp3) is 0.800. The fourth-order valence-corrected chi connectivity index (χ4v) is 2.61. The summed E-state index contributed by atoms with van der Waals surface area (Å²) in [5, 5.41) is 3.37. The second-order valence-corrected chi connectivity index (χ2v) is 5.36. The van der Waals surface area contributed by atoms with Gasteiger partial charge in [-0.05, 0) is 19.3 Å². The van der Waals surface area contributed by atoms with Gasteiger partial charge in [0.15, 0.2) is 0 Å². The normalized spacial score (nSPS) is 16.7. The molecule has 108 valence electrons. The second kappa shape index (κ2) is 8.20. The minimum absolute atomic E-state index is 0.496. The highest BCUT2D eigenvalue weighted by Gasteiger charge is 2.13. The van der Waals surface area contributed by atoms with Gasteiger partial charge in [-0.25, -0.2) is 4.98 Å². The summed E-state index contributed by atoms with van der Waals surface area (Å²) in [5.41, 5.74) is 0. The minimum atomic E-state index is 0.496. The van der Waals surface area contributed by atoms with Gasteiger partial charge in [0.25, 0.3) is 0 Å². The Balaban J connectivity index is 1.63. The van der Waals surface area contributed by atoms with Gasteiger partial charge in [-0.15, -0.1) is 0 Å². The third-order valence-electron chi connectivity index (χ3n) is 3.76. The Labute approximate surface area is 116 Å². The number of unbranched alkanes of at least 4 members (excludes halogenated alkanes) is 1. The molecule has 0 saturated heterocycles. The number of rotatable bonds is 8. The molecule has 0 unspecified atom stereocenters. The average Bonchev–Trinajstić information content (AvgIpc) is 2.90. The van der Waals surface area contributed by atoms with Crippen LogP contribution in [0.1, 0.15) is 51.9 Å². The number of aryl methyl sites for hydroxylation is 1. The highest BCUT2D eigenvalue weighted by atomic mass is 16.5. The number of anilines is 1. The number of nitrogens with zero attached hydrogens (tertiary/aromatic N) is 2. The number of ether oxygens (including phenoxy) is 1. The standard InChI is InChI=1S/C15H27N3O/c1-2-3-11-18-12-9-16-15(18)17-10-13-19-14-7-5-4-6-8-14/h9,12,14H,2-8,10-11,13H2,1H3,(H,16,17). The van der Waals surface area contributed by atoms with Crippen molar-refractivity contribution in [3.8, 4) is 0 Å². The average molecular weight is 265 g/mol. The first kappa shape index (κ1) is 14.4. The van der Waals surface area contributed by atoms with E-state index in [1.165, 1.54) is 44.9 Å². The molecule has 0 aromatic carbocycles. The van der Waals surface area contributed by atoms with Crippen LogP contribution in [0.25, 0.3) is 0 Å². The monoisotopic (exact) mass is 265 g/mol. The van der Waals surface area contributed by atoms with Crippen molar-refractivity contribution in [1.29, 1.82) is 0 Å². The number of aromatic nitrogens is 2. The van der Waals surface area contributed by atoms with Crippen LogP contribution in [0.5, 0.6) is 0 Å². The molecule has 0 bridgehead atoms. The molecule has 4 heteroatoms. The van der Waals surface area contributed by atoms with Crippen LogP contribution in [-0.4, -0.2) is 28.8 Å². The molecule has 0 spiro atoms. The topological polar surface area (TPSA) is 39.1 Å². The molecule has 1 aromatic heterocycles. The van der Waals surface area contributed by atoms with Crippen LogP contribution in [0.4, 0.5) is 5.95 Å². The van der Waals surface area contributed by atoms with E-state index in [2.05, 4.69) is 21.8 Å². The van der Waals surface area contributed by atoms with E-state index in [-0.39, 0.29) is 0 Å². The maximum Gasteiger partial charge on any atom is 0.202 e. The SMILES string of the molecule is CCCCn1ccnc1NCCOC1CCCCC1. The van der Waals surface area contributed by atoms with Crippen molar-refractivity contribution >= 4 is 5.95 Å². The van der Waals surface area contributed by atoms with Crippen molar-refractivity contribution in [1.82, 2.24) is 9.55 Å². The Kier molecular flexibility index (Phi) is 6.21. The highest BCUT2D eigenvalue weighted by molar-refractivity contribution is 5.25. The summed E-state index contributed by atoms with van der Waals surface area (Å²) in [6.45, 7) is 4.88. The van der Waals surface area contributed by atoms with Crippen molar-refractivity contribution in [2.75, 3.05) is 18.5 Å². The van der Waals surface area contributed by atoms with Gasteiger partial charge in [0.1, 0.15) is 0 Å². The molecule has 1 fully saturated rings. The Morgan fingerprint density at radius 1 is 1.37 bits per heavy atom. The zero-order chi connectivity index (χ0) is 13.3. The summed E-state index contributed by atoms with van der Waals surface area (Å²) in [4.78, 5) is 4.35. The van der Waals surface area contributed by atoms with E-state index in [0.29, 0.717) is 6.10 Å². The van der Waals surface area contributed by atoms with Gasteiger partial charge >= 0.3 is 0 Å². The van der Waals surface area contributed by atoms with E-state index in [1.807, 2.05) is 12.4 Å². The van der Waals surface area contributed by atoms with Crippen molar-refractivity contribution in [3.63, 3.8) is 0 Å². The quantitative estimate of drug-likeness (QED) is 0.732. The minimum Gasteiger partial charge on any atom is -0.376 e. The van der Waals surface area contributed by atoms with E-state index in [0.717, 1.165) is 25.6 Å². The Hall–Kier alpha value is -1.03. The van der Waals surface area contributed by atoms with Crippen LogP contribution in [0.15, 0.2) is 12.4 Å². The van der Waals surface area contributed by atoms with Crippen LogP contribution >= 0.6 is 0 Å². The van der Waals surface area contributed by atoms with Crippen molar-refractivity contribution in [2.24, 2.45) is 0 Å². The third-order valence-corrected chi connectivity index (χ3v) is 3.76. The smallest absolute Gasteiger partial charge is 0.202 e. The van der Waals surface area contributed by atoms with Crippen LogP contribution < -0.4 is 5.32 Å². The van der Waals surface area contributed by atoms with Crippen molar-refractivity contribution in [3.05, 3.63) is 12.4 Å². The molecular formula is C15H27N3O. The largest absolute Gasteiger partial charge is 0.376 e. The lowest BCUT2D eigenvalue weighted by molar-refractivity contribution is 0.0347. The number of hydrogen-bond donors (Lipinski definition) is 1. The maximum atomic E-state index is 5.90. The van der Waals surface area contributed by atoms with Crippen molar-refractivity contribution in [2.45, 2.75) is 64.5 Å². The molecule has 1 N–H and O–H groups in total. The first-order chi connectivity index (χ1) is 9.40. The second-order valence-electron chi connectivity index (χ2n) is 5.36. The Morgan fingerprint density at radius 2 is 2.21 bits per heavy atom. The summed E-state index contributed by atoms with van der Waals surface area (Å²) in [6, 6.07) is 0. The number of hydrogen-bond acceptors (Lipinski definition) is 3. The molecular weight excluding hydrogens is 238 g/mol. The molecule has 19 heavy (non-hydrogen) atoms. The predicted molar refractivity (Wildman–Crippen MR) is 78.4 cm³/mol. The molecule has 0 atom stereocenters. The van der Waals surface area contributed by atoms with Gasteiger partial charge in [0.05, 0.1) is 12.7 Å². The number of imidazole rings is 1. The summed E-state index contributed by atoms with van der Waals surface area (Å²) >= 11 is 0. The summed E-state index contributed by atoms with van der Waals surface area (Å²) < 4.78 is 8.09. The van der Waals surface area contributed by atoms with Crippen LogP contribution in [0.2, 0.25) is 0 Å². The lowest BCUT2D eigenvalue weighted by Crippen LogP contribution is -2.21. The summed E-state index contributed by atoms with van der Waals surface area (Å²) in [5.74, 6) is 0.973. The van der Waals surface area contributed by atoms with Crippen LogP contribution in [-0.2, 0) is 11.3 Å². The Morgan fingerprint density at radius 3 is 3.00 bits per heavy atom. The summed E-state index contributed by atoms with van der Waals surface area (Å²) in [6.07, 6.45) is 13.3. The van der Waals surface area contributed by atoms with Gasteiger partial charge in [-0.1, -0.05) is 32.6 Å². The zero-order valence-corrected chi connectivity index (χ0v) is 12.1. The lowest BCUT2D eigenvalue weighted by Gasteiger charge is -2.22. The fourth-order valence-electron chi connectivity index (χ4n) is 2.61. The van der Waals surface area contributed by atoms with E-state index in [1.54, 1.807) is 0 Å². The van der Waals surface area contributed by atoms with E-state index < -0.39 is 0 Å². The van der Waals surface area contributed by atoms with Gasteiger partial charge < -0.3 is 14.6 Å². The van der Waals surface area contributed by atoms with Crippen LogP contribution in [0, 0.1) is 0 Å². The number of nitrogens with one attached hydrogen (secondary N) is 1. The van der Waals surface area contributed by atoms with E-state index in [9.17, 15) is 0 Å². The van der Waals surface area contributed by atoms with Crippen LogP contribution in [0.3, 0.4) is 0 Å². The highest BCUT2D eigenvalue weighted by Crippen LogP contribution is 2.20. The summed E-state index contributed by atoms with van der Waals surface area (Å²) in [7, 11) is 0. The molecule has 1 saturated carbocycles. The molecule has 2 rings (SSSR count). The first-order valence-corrected chi connectivity index (χ1v) is 7.76. The molecule has 1 heterocycles. The van der Waals surface area contributed by atoms with Gasteiger partial charge in [0.2, 0.25) is 5.95 Å². The molecule has 1 aliphatic rings. The van der Waals surface area contributed by atoms with E-state index in [4.69, 9.17) is 4.74 Å². The third kappa shape index (κ3) is 4.86. The first-order valence-electron chi connectivity index (χ1n) is 7.76. The maximum absolute atomic E-state index is 5.90. The lowest BCUT2D eigenvalue weighted by atomic mass is 9.98.